The first-order valence-corrected chi connectivity index (χ1v) is 23.9. The number of benzene rings is 2. The first-order valence-electron chi connectivity index (χ1n) is 22.3. The van der Waals surface area contributed by atoms with Gasteiger partial charge in [0.1, 0.15) is 40.9 Å². The normalized spacial score (nSPS) is 25.7. The van der Waals surface area contributed by atoms with E-state index in [4.69, 9.17) is 23.9 Å². The third-order valence-electron chi connectivity index (χ3n) is 13.2. The highest BCUT2D eigenvalue weighted by molar-refractivity contribution is 7.91. The fourth-order valence-electron chi connectivity index (χ4n) is 9.46. The van der Waals surface area contributed by atoms with Gasteiger partial charge in [0, 0.05) is 43.6 Å². The minimum absolute atomic E-state index is 0.00380. The molecule has 2 aromatic carbocycles. The Morgan fingerprint density at radius 1 is 0.937 bits per heavy atom. The van der Waals surface area contributed by atoms with Gasteiger partial charge in [0.05, 0.1) is 11.8 Å². The minimum Gasteiger partial charge on any atom is -0.470 e. The summed E-state index contributed by atoms with van der Waals surface area (Å²) in [6, 6.07) is 13.1. The lowest BCUT2D eigenvalue weighted by molar-refractivity contribution is -0.142. The number of hydrogen-bond acceptors (Lipinski definition) is 12. The summed E-state index contributed by atoms with van der Waals surface area (Å²) in [6.45, 7) is -0.0637. The van der Waals surface area contributed by atoms with E-state index in [1.807, 2.05) is 67.5 Å². The van der Waals surface area contributed by atoms with Gasteiger partial charge < -0.3 is 34.3 Å². The first-order chi connectivity index (χ1) is 30.4. The lowest BCUT2D eigenvalue weighted by Gasteiger charge is -2.33. The molecule has 2 bridgehead atoms. The van der Waals surface area contributed by atoms with Crippen LogP contribution in [0.15, 0.2) is 64.6 Å². The van der Waals surface area contributed by atoms with E-state index in [1.165, 1.54) is 4.90 Å². The molecule has 63 heavy (non-hydrogen) atoms. The zero-order valence-corrected chi connectivity index (χ0v) is 36.6. The lowest BCUT2D eigenvalue weighted by Crippen LogP contribution is -2.62. The second-order valence-electron chi connectivity index (χ2n) is 18.0. The van der Waals surface area contributed by atoms with E-state index in [9.17, 15) is 27.6 Å². The maximum atomic E-state index is 14.9. The number of nitrogens with one attached hydrogen (secondary N) is 3. The molecule has 2 aliphatic heterocycles. The molecular weight excluding hydrogens is 827 g/mol. The Morgan fingerprint density at radius 2 is 1.70 bits per heavy atom. The molecule has 16 nitrogen and oxygen atoms in total. The summed E-state index contributed by atoms with van der Waals surface area (Å²) in [5.41, 5.74) is 2.55. The van der Waals surface area contributed by atoms with E-state index < -0.39 is 62.8 Å². The van der Waals surface area contributed by atoms with E-state index in [-0.39, 0.29) is 37.8 Å². The third-order valence-corrected chi connectivity index (χ3v) is 15.0. The lowest BCUT2D eigenvalue weighted by atomic mass is 9.95. The van der Waals surface area contributed by atoms with Gasteiger partial charge in [-0.15, -0.1) is 0 Å². The maximum Gasteiger partial charge on any atom is 0.408 e. The molecule has 9 rings (SSSR count). The molecule has 4 aromatic rings. The molecule has 5 aliphatic rings. The summed E-state index contributed by atoms with van der Waals surface area (Å²) in [6.07, 6.45) is 8.83. The molecule has 4 amide bonds. The van der Waals surface area contributed by atoms with Crippen molar-refractivity contribution in [2.45, 2.75) is 131 Å². The van der Waals surface area contributed by atoms with E-state index in [0.29, 0.717) is 54.6 Å². The summed E-state index contributed by atoms with van der Waals surface area (Å²) < 4.78 is 47.2. The molecule has 1 saturated heterocycles. The Bertz CT molecular complexity index is 2550. The number of fused-ring (bicyclic) bond motifs is 6. The highest BCUT2D eigenvalue weighted by Crippen LogP contribution is 2.39. The molecule has 17 heteroatoms. The van der Waals surface area contributed by atoms with Crippen molar-refractivity contribution in [1.29, 1.82) is 0 Å². The van der Waals surface area contributed by atoms with Gasteiger partial charge in [-0.25, -0.2) is 18.2 Å². The number of sulfonamides is 1. The zero-order valence-electron chi connectivity index (χ0n) is 35.8. The average Bonchev–Trinajstić information content (AvgIpc) is 3.53. The summed E-state index contributed by atoms with van der Waals surface area (Å²) in [4.78, 5) is 70.3. The largest absolute Gasteiger partial charge is 0.470 e. The number of allylic oxidation sites excluding steroid dienone is 1. The van der Waals surface area contributed by atoms with Crippen molar-refractivity contribution in [3.05, 3.63) is 60.2 Å². The van der Waals surface area contributed by atoms with Crippen LogP contribution in [0.1, 0.15) is 96.3 Å². The van der Waals surface area contributed by atoms with Crippen LogP contribution in [-0.4, -0.2) is 103 Å². The van der Waals surface area contributed by atoms with Crippen LogP contribution in [0.5, 0.6) is 5.88 Å². The molecule has 4 fully saturated rings. The van der Waals surface area contributed by atoms with Crippen LogP contribution in [0.2, 0.25) is 0 Å². The second-order valence-corrected chi connectivity index (χ2v) is 19.9. The summed E-state index contributed by atoms with van der Waals surface area (Å²) >= 11 is 0. The van der Waals surface area contributed by atoms with E-state index in [1.54, 1.807) is 0 Å². The van der Waals surface area contributed by atoms with Crippen molar-refractivity contribution in [3.63, 3.8) is 0 Å². The van der Waals surface area contributed by atoms with Crippen molar-refractivity contribution in [1.82, 2.24) is 30.2 Å². The molecular formula is C46H55N7O9S. The van der Waals surface area contributed by atoms with Crippen molar-refractivity contribution in [2.24, 2.45) is 0 Å². The summed E-state index contributed by atoms with van der Waals surface area (Å²) in [5, 5.41) is 5.94. The summed E-state index contributed by atoms with van der Waals surface area (Å²) in [5.74, 6) is -1.38. The van der Waals surface area contributed by atoms with Crippen LogP contribution >= 0.6 is 0 Å². The van der Waals surface area contributed by atoms with Gasteiger partial charge in [0.25, 0.3) is 11.8 Å². The number of hydrogen-bond donors (Lipinski definition) is 3. The number of para-hydroxylation sites is 1. The topological polar surface area (TPSA) is 202 Å². The molecule has 334 valence electrons. The van der Waals surface area contributed by atoms with Crippen LogP contribution < -0.4 is 25.0 Å². The van der Waals surface area contributed by atoms with Crippen molar-refractivity contribution in [3.8, 4) is 17.3 Å². The van der Waals surface area contributed by atoms with E-state index in [2.05, 4.69) is 21.4 Å². The predicted molar refractivity (Wildman–Crippen MR) is 235 cm³/mol. The van der Waals surface area contributed by atoms with E-state index in [0.717, 1.165) is 67.2 Å². The fourth-order valence-corrected chi connectivity index (χ4v) is 10.8. The number of carbonyl (C=O) groups excluding carboxylic acids is 4. The van der Waals surface area contributed by atoms with Crippen molar-refractivity contribution >= 4 is 61.6 Å². The Balaban J connectivity index is 1.06. The molecule has 0 spiro atoms. The maximum absolute atomic E-state index is 14.9. The molecule has 4 heterocycles. The SMILES string of the molecule is CN(C)c1ccc(-c2nc(O[C@@H]3C[C@H]4C(=O)N[C@]5(C(=O)NS(=O)(=O)C6CC6)CC/C(=C/CCCCC[C@H](NC(=O)OC6CCCC6)C(=O)N4C3)C5)c3oc4ccccc4c3n2)cc1. The van der Waals surface area contributed by atoms with Gasteiger partial charge in [-0.2, -0.15) is 4.98 Å². The Kier molecular flexibility index (Phi) is 11.8. The van der Waals surface area contributed by atoms with Gasteiger partial charge in [-0.1, -0.05) is 36.6 Å². The van der Waals surface area contributed by atoms with Gasteiger partial charge in [-0.05, 0) is 107 Å². The summed E-state index contributed by atoms with van der Waals surface area (Å²) in [7, 11) is -0.0198. The number of nitrogens with zero attached hydrogens (tertiary/aromatic N) is 4. The molecule has 3 saturated carbocycles. The van der Waals surface area contributed by atoms with Crippen LogP contribution in [-0.2, 0) is 29.1 Å². The fraction of sp³-hybridized carbons (Fsp3) is 0.522. The Morgan fingerprint density at radius 3 is 2.46 bits per heavy atom. The number of aromatic nitrogens is 2. The number of ether oxygens (including phenoxy) is 2. The standard InChI is InChI=1S/C46H55N7O9S/c1-52(2)30-19-17-29(18-20-30)40-48-38-34-14-9-10-16-37(34)62-39(38)42(49-40)60-32-25-36-41(54)50-46(44(56)51-63(58,59)33-21-22-33)24-23-28(26-46)11-5-3-4-6-15-35(43(55)53(36)27-32)47-45(57)61-31-12-7-8-13-31/h9-11,14,16-20,31-33,35-36H,3-8,12-13,15,21-27H2,1-2H3,(H,47,57)(H,50,54)(H,51,56)/b28-11-/t32-,35+,36+,46-/m1/s1. The van der Waals surface area contributed by atoms with Gasteiger partial charge in [-0.3, -0.25) is 19.1 Å². The molecule has 3 N–H and O–H groups in total. The highest BCUT2D eigenvalue weighted by Gasteiger charge is 2.51. The molecule has 0 unspecified atom stereocenters. The predicted octanol–water partition coefficient (Wildman–Crippen LogP) is 6.03. The van der Waals surface area contributed by atoms with E-state index >= 15 is 0 Å². The molecule has 4 atom stereocenters. The molecule has 0 radical (unpaired) electrons. The Labute approximate surface area is 366 Å². The Hall–Kier alpha value is -5.71. The molecule has 3 aliphatic carbocycles. The van der Waals surface area contributed by atoms with Crippen LogP contribution in [0, 0.1) is 0 Å². The van der Waals surface area contributed by atoms with Crippen LogP contribution in [0.25, 0.3) is 33.5 Å². The zero-order chi connectivity index (χ0) is 43.9. The van der Waals surface area contributed by atoms with Gasteiger partial charge in [0.15, 0.2) is 5.82 Å². The molecule has 2 aromatic heterocycles. The number of amides is 4. The van der Waals surface area contributed by atoms with Crippen LogP contribution in [0.4, 0.5) is 10.5 Å². The second kappa shape index (κ2) is 17.5. The van der Waals surface area contributed by atoms with Crippen LogP contribution in [0.3, 0.4) is 0 Å². The monoisotopic (exact) mass is 881 g/mol. The van der Waals surface area contributed by atoms with Crippen molar-refractivity contribution < 1.29 is 41.5 Å². The highest BCUT2D eigenvalue weighted by atomic mass is 32.2. The number of anilines is 1. The average molecular weight is 882 g/mol. The number of alkyl carbamates (subject to hydrolysis) is 1. The third kappa shape index (κ3) is 9.06. The van der Waals surface area contributed by atoms with Crippen molar-refractivity contribution in [2.75, 3.05) is 25.5 Å². The number of furan rings is 1. The van der Waals surface area contributed by atoms with Gasteiger partial charge in [0.2, 0.25) is 27.4 Å². The number of carbonyl (C=O) groups is 4. The number of rotatable bonds is 9. The first kappa shape index (κ1) is 42.6. The van der Waals surface area contributed by atoms with Gasteiger partial charge >= 0.3 is 6.09 Å². The minimum atomic E-state index is -3.93. The smallest absolute Gasteiger partial charge is 0.408 e. The quantitative estimate of drug-likeness (QED) is 0.165.